The molecule has 4 nitrogen and oxygen atoms in total. The molecule has 0 unspecified atom stereocenters. The first-order valence-corrected chi connectivity index (χ1v) is 7.43. The fourth-order valence-electron chi connectivity index (χ4n) is 1.97. The number of carboxylic acid groups (broad SMARTS) is 1. The number of hydrogen-bond acceptors (Lipinski definition) is 3. The zero-order valence-electron chi connectivity index (χ0n) is 13.6. The van der Waals surface area contributed by atoms with E-state index in [1.807, 2.05) is 30.3 Å². The third-order valence-electron chi connectivity index (χ3n) is 3.24. The van der Waals surface area contributed by atoms with Gasteiger partial charge in [0.15, 0.2) is 0 Å². The summed E-state index contributed by atoms with van der Waals surface area (Å²) >= 11 is 0. The van der Waals surface area contributed by atoms with Gasteiger partial charge in [0.05, 0.1) is 0 Å². The lowest BCUT2D eigenvalue weighted by atomic mass is 9.96. The zero-order valence-corrected chi connectivity index (χ0v) is 13.6. The van der Waals surface area contributed by atoms with Crippen molar-refractivity contribution >= 4 is 17.2 Å². The van der Waals surface area contributed by atoms with Crippen LogP contribution >= 0.6 is 0 Å². The average Bonchev–Trinajstić information content (AvgIpc) is 2.61. The lowest BCUT2D eigenvalue weighted by Gasteiger charge is -2.11. The molecule has 3 N–H and O–H groups in total. The van der Waals surface area contributed by atoms with Crippen LogP contribution in [0.2, 0.25) is 0 Å². The fraction of sp³-hybridized carbons (Fsp3) is 0.100. The number of pyridine rings is 1. The first-order chi connectivity index (χ1) is 11.5. The van der Waals surface area contributed by atoms with Gasteiger partial charge in [0.1, 0.15) is 0 Å². The monoisotopic (exact) mass is 322 g/mol. The molecule has 0 aliphatic heterocycles. The van der Waals surface area contributed by atoms with Gasteiger partial charge in [-0.25, -0.2) is 0 Å². The van der Waals surface area contributed by atoms with Crippen molar-refractivity contribution in [2.75, 3.05) is 5.73 Å². The van der Waals surface area contributed by atoms with Gasteiger partial charge in [-0.15, -0.1) is 0 Å². The molecule has 0 fully saturated rings. The molecule has 0 aliphatic rings. The largest absolute Gasteiger partial charge is 0.481 e. The Morgan fingerprint density at radius 1 is 1.17 bits per heavy atom. The minimum Gasteiger partial charge on any atom is -0.481 e. The van der Waals surface area contributed by atoms with Gasteiger partial charge in [0, 0.05) is 35.6 Å². The second-order valence-electron chi connectivity index (χ2n) is 5.01. The molecule has 0 saturated heterocycles. The summed E-state index contributed by atoms with van der Waals surface area (Å²) in [5.41, 5.74) is 10.1. The number of carbonyl (C=O) groups is 1. The summed E-state index contributed by atoms with van der Waals surface area (Å²) in [4.78, 5) is 14.7. The molecule has 4 heteroatoms. The normalized spacial score (nSPS) is 9.33. The Bertz CT molecular complexity index is 716. The Kier molecular flexibility index (Phi) is 7.71. The van der Waals surface area contributed by atoms with Gasteiger partial charge in [-0.2, -0.15) is 0 Å². The molecule has 1 heterocycles. The van der Waals surface area contributed by atoms with Crippen LogP contribution in [-0.4, -0.2) is 16.1 Å². The molecule has 24 heavy (non-hydrogen) atoms. The van der Waals surface area contributed by atoms with E-state index in [-0.39, 0.29) is 6.42 Å². The van der Waals surface area contributed by atoms with E-state index in [0.29, 0.717) is 12.1 Å². The number of nitrogens with two attached hydrogens (primary N) is 1. The number of nitrogen functional groups attached to an aromatic ring is 1. The molecule has 0 bridgehead atoms. The highest BCUT2D eigenvalue weighted by molar-refractivity contribution is 5.80. The van der Waals surface area contributed by atoms with Crippen molar-refractivity contribution in [2.45, 2.75) is 12.8 Å². The van der Waals surface area contributed by atoms with Gasteiger partial charge < -0.3 is 10.8 Å². The van der Waals surface area contributed by atoms with Gasteiger partial charge in [0.25, 0.3) is 0 Å². The maximum atomic E-state index is 10.6. The van der Waals surface area contributed by atoms with Crippen molar-refractivity contribution in [3.8, 4) is 11.1 Å². The third kappa shape index (κ3) is 5.93. The van der Waals surface area contributed by atoms with E-state index in [4.69, 9.17) is 10.8 Å². The third-order valence-corrected chi connectivity index (χ3v) is 3.24. The van der Waals surface area contributed by atoms with Crippen LogP contribution in [0.15, 0.2) is 74.6 Å². The minimum atomic E-state index is -0.840. The second-order valence-corrected chi connectivity index (χ2v) is 5.01. The molecule has 0 radical (unpaired) electrons. The Labute approximate surface area is 142 Å². The lowest BCUT2D eigenvalue weighted by Crippen LogP contribution is -1.98. The zero-order chi connectivity index (χ0) is 17.9. The second kappa shape index (κ2) is 9.79. The summed E-state index contributed by atoms with van der Waals surface area (Å²) in [6.45, 7) is 10.7. The van der Waals surface area contributed by atoms with Crippen LogP contribution in [-0.2, 0) is 4.79 Å². The van der Waals surface area contributed by atoms with Crippen molar-refractivity contribution in [3.05, 3.63) is 80.2 Å². The number of allylic oxidation sites excluding steroid dienone is 3. The van der Waals surface area contributed by atoms with Crippen LogP contribution in [0.25, 0.3) is 16.7 Å². The predicted octanol–water partition coefficient (Wildman–Crippen LogP) is 4.57. The molecule has 2 rings (SSSR count). The van der Waals surface area contributed by atoms with Crippen LogP contribution in [0.1, 0.15) is 18.4 Å². The van der Waals surface area contributed by atoms with Gasteiger partial charge >= 0.3 is 5.97 Å². The van der Waals surface area contributed by atoms with E-state index >= 15 is 0 Å². The standard InChI is InChI=1S/C16H16N2O2.C4H6/c1-11(4-7-16(19)20)14-9-12(5-6-15(14)17)13-3-2-8-18-10-13;1-3-4-2/h2-3,5-6,8-10H,1,4,7,17H2,(H,19,20);3-4H,1-2H2. The van der Waals surface area contributed by atoms with E-state index in [1.165, 1.54) is 0 Å². The van der Waals surface area contributed by atoms with E-state index in [1.54, 1.807) is 24.5 Å². The molecule has 1 aromatic carbocycles. The quantitative estimate of drug-likeness (QED) is 0.603. The number of nitrogens with zero attached hydrogens (tertiary/aromatic N) is 1. The summed E-state index contributed by atoms with van der Waals surface area (Å²) in [6.07, 6.45) is 7.20. The maximum Gasteiger partial charge on any atom is 0.303 e. The molecular weight excluding hydrogens is 300 g/mol. The molecule has 1 aromatic heterocycles. The number of benzene rings is 1. The van der Waals surface area contributed by atoms with Crippen LogP contribution in [0.5, 0.6) is 0 Å². The summed E-state index contributed by atoms with van der Waals surface area (Å²) in [5.74, 6) is -0.840. The predicted molar refractivity (Wildman–Crippen MR) is 100 cm³/mol. The number of aromatic nitrogens is 1. The maximum absolute atomic E-state index is 10.6. The van der Waals surface area contributed by atoms with Crippen LogP contribution < -0.4 is 5.73 Å². The van der Waals surface area contributed by atoms with Gasteiger partial charge in [0.2, 0.25) is 0 Å². The van der Waals surface area contributed by atoms with Gasteiger partial charge in [-0.05, 0) is 35.8 Å². The van der Waals surface area contributed by atoms with Crippen molar-refractivity contribution in [3.63, 3.8) is 0 Å². The first-order valence-electron chi connectivity index (χ1n) is 7.43. The van der Waals surface area contributed by atoms with E-state index in [9.17, 15) is 4.79 Å². The molecular formula is C20H22N2O2. The van der Waals surface area contributed by atoms with Crippen molar-refractivity contribution in [1.82, 2.24) is 4.98 Å². The topological polar surface area (TPSA) is 76.2 Å². The van der Waals surface area contributed by atoms with Crippen LogP contribution in [0.3, 0.4) is 0 Å². The number of hydrogen-bond donors (Lipinski definition) is 2. The van der Waals surface area contributed by atoms with Crippen LogP contribution in [0.4, 0.5) is 5.69 Å². The van der Waals surface area contributed by atoms with E-state index in [2.05, 4.69) is 24.7 Å². The highest BCUT2D eigenvalue weighted by atomic mass is 16.4. The molecule has 2 aromatic rings. The van der Waals surface area contributed by atoms with Gasteiger partial charge in [-0.1, -0.05) is 44.0 Å². The lowest BCUT2D eigenvalue weighted by molar-refractivity contribution is -0.136. The molecule has 0 spiro atoms. The van der Waals surface area contributed by atoms with E-state index < -0.39 is 5.97 Å². The highest BCUT2D eigenvalue weighted by Gasteiger charge is 2.08. The highest BCUT2D eigenvalue weighted by Crippen LogP contribution is 2.29. The molecule has 0 amide bonds. The van der Waals surface area contributed by atoms with Crippen molar-refractivity contribution in [2.24, 2.45) is 0 Å². The Balaban J connectivity index is 0.000000648. The van der Waals surface area contributed by atoms with Crippen LogP contribution in [0, 0.1) is 0 Å². The number of carboxylic acids is 1. The fourth-order valence-corrected chi connectivity index (χ4v) is 1.97. The average molecular weight is 322 g/mol. The summed E-state index contributed by atoms with van der Waals surface area (Å²) in [5, 5.41) is 8.73. The Hall–Kier alpha value is -3.14. The van der Waals surface area contributed by atoms with Crippen molar-refractivity contribution < 1.29 is 9.90 Å². The molecule has 0 saturated carbocycles. The smallest absolute Gasteiger partial charge is 0.303 e. The summed E-state index contributed by atoms with van der Waals surface area (Å²) < 4.78 is 0. The summed E-state index contributed by atoms with van der Waals surface area (Å²) in [6, 6.07) is 9.48. The Morgan fingerprint density at radius 3 is 2.42 bits per heavy atom. The minimum absolute atomic E-state index is 0.0510. The molecule has 0 atom stereocenters. The number of aliphatic carboxylic acids is 1. The summed E-state index contributed by atoms with van der Waals surface area (Å²) in [7, 11) is 0. The Morgan fingerprint density at radius 2 is 1.88 bits per heavy atom. The van der Waals surface area contributed by atoms with Gasteiger partial charge in [-0.3, -0.25) is 9.78 Å². The number of rotatable bonds is 6. The SMILES string of the molecule is C=C(CCC(=O)O)c1cc(-c2cccnc2)ccc1N.C=CC=C. The molecule has 124 valence electrons. The van der Waals surface area contributed by atoms with E-state index in [0.717, 1.165) is 22.3 Å². The van der Waals surface area contributed by atoms with Crippen molar-refractivity contribution in [1.29, 1.82) is 0 Å². The first kappa shape index (κ1) is 18.9. The number of anilines is 1. The molecule has 0 aliphatic carbocycles.